The van der Waals surface area contributed by atoms with Gasteiger partial charge in [0.2, 0.25) is 5.91 Å². The molecule has 74 valence electrons. The molecule has 3 atom stereocenters. The van der Waals surface area contributed by atoms with Crippen molar-refractivity contribution in [3.05, 3.63) is 12.2 Å². The topological polar surface area (TPSA) is 47.6 Å². The first-order chi connectivity index (χ1) is 6.19. The highest BCUT2D eigenvalue weighted by atomic mass is 16.5. The van der Waals surface area contributed by atoms with Crippen LogP contribution in [0.5, 0.6) is 0 Å². The molecule has 1 N–H and O–H groups in total. The Morgan fingerprint density at radius 1 is 1.31 bits per heavy atom. The average molecular weight is 185 g/mol. The Labute approximate surface area is 77.9 Å². The molecule has 0 aliphatic heterocycles. The van der Waals surface area contributed by atoms with E-state index >= 15 is 0 Å². The van der Waals surface area contributed by atoms with Crippen molar-refractivity contribution in [3.63, 3.8) is 0 Å². The number of hydrogen-bond acceptors (Lipinski definition) is 3. The number of carbonyl (C=O) groups is 1. The zero-order valence-electron chi connectivity index (χ0n) is 8.11. The lowest BCUT2D eigenvalue weighted by atomic mass is 10.2. The summed E-state index contributed by atoms with van der Waals surface area (Å²) in [4.78, 5) is 10.8. The van der Waals surface area contributed by atoms with Crippen LogP contribution in [0.15, 0.2) is 12.2 Å². The fourth-order valence-electron chi connectivity index (χ4n) is 1.51. The van der Waals surface area contributed by atoms with Gasteiger partial charge in [0.1, 0.15) is 12.2 Å². The van der Waals surface area contributed by atoms with Gasteiger partial charge in [-0.05, 0) is 0 Å². The number of ether oxygens (including phenoxy) is 2. The van der Waals surface area contributed by atoms with Crippen molar-refractivity contribution in [2.75, 3.05) is 14.2 Å². The number of hydrogen-bond donors (Lipinski definition) is 1. The Bertz CT molecular complexity index is 215. The van der Waals surface area contributed by atoms with Crippen LogP contribution < -0.4 is 5.32 Å². The Morgan fingerprint density at radius 2 is 2.00 bits per heavy atom. The first-order valence-electron chi connectivity index (χ1n) is 4.20. The van der Waals surface area contributed by atoms with E-state index in [1.54, 1.807) is 14.2 Å². The third kappa shape index (κ3) is 2.29. The molecular weight excluding hydrogens is 170 g/mol. The average Bonchev–Trinajstić information content (AvgIpc) is 2.45. The summed E-state index contributed by atoms with van der Waals surface area (Å²) >= 11 is 0. The van der Waals surface area contributed by atoms with Gasteiger partial charge in [-0.1, -0.05) is 12.2 Å². The van der Waals surface area contributed by atoms with E-state index in [9.17, 15) is 4.79 Å². The van der Waals surface area contributed by atoms with Crippen molar-refractivity contribution in [2.45, 2.75) is 25.2 Å². The molecule has 0 radical (unpaired) electrons. The summed E-state index contributed by atoms with van der Waals surface area (Å²) in [5, 5.41) is 2.78. The first-order valence-corrected chi connectivity index (χ1v) is 4.20. The Balaban J connectivity index is 2.57. The van der Waals surface area contributed by atoms with Crippen LogP contribution in [-0.4, -0.2) is 38.4 Å². The zero-order valence-corrected chi connectivity index (χ0v) is 8.11. The molecule has 0 saturated carbocycles. The molecule has 0 aromatic rings. The van der Waals surface area contributed by atoms with Gasteiger partial charge < -0.3 is 14.8 Å². The van der Waals surface area contributed by atoms with Crippen LogP contribution in [0.25, 0.3) is 0 Å². The van der Waals surface area contributed by atoms with Crippen LogP contribution in [0.4, 0.5) is 0 Å². The summed E-state index contributed by atoms with van der Waals surface area (Å²) in [6.45, 7) is 1.49. The van der Waals surface area contributed by atoms with Gasteiger partial charge in [0.25, 0.3) is 0 Å². The van der Waals surface area contributed by atoms with Crippen LogP contribution in [0.3, 0.4) is 0 Å². The maximum absolute atomic E-state index is 10.8. The van der Waals surface area contributed by atoms with Crippen LogP contribution in [0, 0.1) is 0 Å². The summed E-state index contributed by atoms with van der Waals surface area (Å²) in [6, 6.07) is -0.0764. The Kier molecular flexibility index (Phi) is 3.45. The lowest BCUT2D eigenvalue weighted by molar-refractivity contribution is -0.120. The number of nitrogens with one attached hydrogen (secondary N) is 1. The molecule has 4 heteroatoms. The van der Waals surface area contributed by atoms with E-state index in [-0.39, 0.29) is 24.2 Å². The summed E-state index contributed by atoms with van der Waals surface area (Å²) in [7, 11) is 3.23. The molecule has 1 aliphatic rings. The van der Waals surface area contributed by atoms with Crippen molar-refractivity contribution in [1.29, 1.82) is 0 Å². The highest BCUT2D eigenvalue weighted by molar-refractivity contribution is 5.73. The van der Waals surface area contributed by atoms with E-state index in [2.05, 4.69) is 5.32 Å². The lowest BCUT2D eigenvalue weighted by Crippen LogP contribution is -2.44. The molecule has 0 fully saturated rings. The van der Waals surface area contributed by atoms with Gasteiger partial charge in [-0.2, -0.15) is 0 Å². The quantitative estimate of drug-likeness (QED) is 0.634. The molecule has 1 amide bonds. The third-order valence-corrected chi connectivity index (χ3v) is 2.10. The van der Waals surface area contributed by atoms with E-state index in [0.29, 0.717) is 0 Å². The van der Waals surface area contributed by atoms with E-state index in [1.165, 1.54) is 6.92 Å². The normalized spacial score (nSPS) is 32.1. The lowest BCUT2D eigenvalue weighted by Gasteiger charge is -2.23. The number of carbonyl (C=O) groups excluding carboxylic acids is 1. The van der Waals surface area contributed by atoms with Gasteiger partial charge in [0.05, 0.1) is 6.04 Å². The van der Waals surface area contributed by atoms with Gasteiger partial charge in [-0.3, -0.25) is 4.79 Å². The number of amides is 1. The van der Waals surface area contributed by atoms with E-state index in [1.807, 2.05) is 12.2 Å². The molecule has 0 aromatic heterocycles. The molecule has 0 bridgehead atoms. The van der Waals surface area contributed by atoms with Gasteiger partial charge in [-0.15, -0.1) is 0 Å². The third-order valence-electron chi connectivity index (χ3n) is 2.10. The maximum Gasteiger partial charge on any atom is 0.217 e. The van der Waals surface area contributed by atoms with Crippen molar-refractivity contribution in [1.82, 2.24) is 5.32 Å². The van der Waals surface area contributed by atoms with Gasteiger partial charge in [0, 0.05) is 21.1 Å². The molecule has 0 unspecified atom stereocenters. The SMILES string of the molecule is CO[C@H]1[C@H](NC(C)=O)C=C[C@H]1OC. The minimum Gasteiger partial charge on any atom is -0.376 e. The van der Waals surface area contributed by atoms with Crippen LogP contribution in [0.1, 0.15) is 6.92 Å². The van der Waals surface area contributed by atoms with Crippen LogP contribution >= 0.6 is 0 Å². The largest absolute Gasteiger partial charge is 0.376 e. The van der Waals surface area contributed by atoms with Crippen molar-refractivity contribution >= 4 is 5.91 Å². The number of rotatable bonds is 3. The molecule has 1 aliphatic carbocycles. The zero-order chi connectivity index (χ0) is 9.84. The minimum atomic E-state index is -0.117. The maximum atomic E-state index is 10.8. The van der Waals surface area contributed by atoms with Gasteiger partial charge in [0.15, 0.2) is 0 Å². The molecule has 13 heavy (non-hydrogen) atoms. The molecular formula is C9H15NO3. The second-order valence-corrected chi connectivity index (χ2v) is 3.01. The van der Waals surface area contributed by atoms with Crippen molar-refractivity contribution < 1.29 is 14.3 Å². The van der Waals surface area contributed by atoms with Gasteiger partial charge >= 0.3 is 0 Å². The highest BCUT2D eigenvalue weighted by Crippen LogP contribution is 2.17. The van der Waals surface area contributed by atoms with Crippen molar-refractivity contribution in [3.8, 4) is 0 Å². The summed E-state index contributed by atoms with van der Waals surface area (Å²) < 4.78 is 10.4. The Morgan fingerprint density at radius 3 is 2.46 bits per heavy atom. The second-order valence-electron chi connectivity index (χ2n) is 3.01. The van der Waals surface area contributed by atoms with Crippen molar-refractivity contribution in [2.24, 2.45) is 0 Å². The first kappa shape index (κ1) is 10.2. The standard InChI is InChI=1S/C9H15NO3/c1-6(11)10-7-4-5-8(12-2)9(7)13-3/h4-5,7-9H,1-3H3,(H,10,11)/t7-,8-,9+/m1/s1. The molecule has 1 rings (SSSR count). The minimum absolute atomic E-state index is 0.0616. The molecule has 0 heterocycles. The molecule has 0 saturated heterocycles. The molecule has 0 spiro atoms. The van der Waals surface area contributed by atoms with Crippen LogP contribution in [-0.2, 0) is 14.3 Å². The fraction of sp³-hybridized carbons (Fsp3) is 0.667. The predicted molar refractivity (Wildman–Crippen MR) is 48.3 cm³/mol. The van der Waals surface area contributed by atoms with Gasteiger partial charge in [-0.25, -0.2) is 0 Å². The van der Waals surface area contributed by atoms with Crippen LogP contribution in [0.2, 0.25) is 0 Å². The molecule has 0 aromatic carbocycles. The monoisotopic (exact) mass is 185 g/mol. The second kappa shape index (κ2) is 4.39. The van der Waals surface area contributed by atoms with E-state index in [0.717, 1.165) is 0 Å². The van der Waals surface area contributed by atoms with E-state index < -0.39 is 0 Å². The predicted octanol–water partition coefficient (Wildman–Crippen LogP) is 0.0909. The summed E-state index contributed by atoms with van der Waals surface area (Å²) in [6.07, 6.45) is 3.61. The molecule has 4 nitrogen and oxygen atoms in total. The summed E-state index contributed by atoms with van der Waals surface area (Å²) in [5.74, 6) is -0.0616. The highest BCUT2D eigenvalue weighted by Gasteiger charge is 2.32. The smallest absolute Gasteiger partial charge is 0.217 e. The fourth-order valence-corrected chi connectivity index (χ4v) is 1.51. The Hall–Kier alpha value is -0.870. The summed E-state index contributed by atoms with van der Waals surface area (Å²) in [5.41, 5.74) is 0. The number of methoxy groups -OCH3 is 2. The van der Waals surface area contributed by atoms with E-state index in [4.69, 9.17) is 9.47 Å².